The van der Waals surface area contributed by atoms with Gasteiger partial charge in [0.1, 0.15) is 11.6 Å². The minimum absolute atomic E-state index is 0.0214. The minimum atomic E-state index is -0.271. The Bertz CT molecular complexity index is 1220. The second-order valence-corrected chi connectivity index (χ2v) is 7.64. The Kier molecular flexibility index (Phi) is 7.28. The van der Waals surface area contributed by atoms with Crippen molar-refractivity contribution in [3.05, 3.63) is 84.0 Å². The monoisotopic (exact) mass is 464 g/mol. The van der Waals surface area contributed by atoms with E-state index in [1.54, 1.807) is 43.9 Å². The largest absolute Gasteiger partial charge is 0.497 e. The molecule has 0 saturated heterocycles. The number of imidazole rings is 1. The number of hydrogen-bond acceptors (Lipinski definition) is 7. The van der Waals surface area contributed by atoms with Gasteiger partial charge in [-0.1, -0.05) is 17.3 Å². The Labute approximate surface area is 196 Å². The molecule has 0 aliphatic carbocycles. The summed E-state index contributed by atoms with van der Waals surface area (Å²) in [5.41, 5.74) is 2.64. The molecule has 1 amide bonds. The first-order chi connectivity index (χ1) is 16.5. The van der Waals surface area contributed by atoms with Gasteiger partial charge in [-0.15, -0.1) is 0 Å². The molecule has 2 aromatic heterocycles. The Morgan fingerprint density at radius 3 is 2.65 bits per heavy atom. The van der Waals surface area contributed by atoms with Crippen LogP contribution in [0.25, 0.3) is 11.5 Å². The van der Waals surface area contributed by atoms with Crippen LogP contribution in [0.3, 0.4) is 0 Å². The van der Waals surface area contributed by atoms with Crippen molar-refractivity contribution in [3.63, 3.8) is 0 Å². The van der Waals surface area contributed by atoms with Gasteiger partial charge in [0.25, 0.3) is 5.89 Å². The summed E-state index contributed by atoms with van der Waals surface area (Å²) in [7, 11) is 1.60. The first-order valence-corrected chi connectivity index (χ1v) is 10.7. The fourth-order valence-electron chi connectivity index (χ4n) is 3.44. The summed E-state index contributed by atoms with van der Waals surface area (Å²) in [6.45, 7) is 2.72. The van der Waals surface area contributed by atoms with Gasteiger partial charge in [0, 0.05) is 18.3 Å². The number of nitrogens with one attached hydrogen (secondary N) is 2. The highest BCUT2D eigenvalue weighted by Crippen LogP contribution is 2.21. The smallest absolute Gasteiger partial charge is 0.257 e. The number of aromatic nitrogens is 4. The summed E-state index contributed by atoms with van der Waals surface area (Å²) in [6, 6.07) is 13.6. The molecule has 9 nitrogen and oxygen atoms in total. The Balaban J connectivity index is 1.24. The molecule has 2 N–H and O–H groups in total. The number of carbonyl (C=O) groups is 1. The molecule has 0 bridgehead atoms. The molecular formula is C24H25FN6O3. The van der Waals surface area contributed by atoms with E-state index in [4.69, 9.17) is 9.26 Å². The summed E-state index contributed by atoms with van der Waals surface area (Å²) >= 11 is 0. The van der Waals surface area contributed by atoms with E-state index in [0.717, 1.165) is 22.6 Å². The summed E-state index contributed by atoms with van der Waals surface area (Å²) in [5.74, 6) is 1.01. The molecule has 0 radical (unpaired) electrons. The average molecular weight is 465 g/mol. The van der Waals surface area contributed by atoms with E-state index in [1.165, 1.54) is 12.1 Å². The second kappa shape index (κ2) is 10.7. The van der Waals surface area contributed by atoms with Crippen LogP contribution >= 0.6 is 0 Å². The van der Waals surface area contributed by atoms with Crippen LogP contribution in [0.2, 0.25) is 0 Å². The molecule has 2 aromatic carbocycles. The highest BCUT2D eigenvalue weighted by molar-refractivity contribution is 5.77. The van der Waals surface area contributed by atoms with Crippen LogP contribution in [0, 0.1) is 5.82 Å². The Hall–Kier alpha value is -4.05. The van der Waals surface area contributed by atoms with Crippen LogP contribution in [0.4, 0.5) is 4.39 Å². The summed E-state index contributed by atoms with van der Waals surface area (Å²) in [6.07, 6.45) is 3.46. The zero-order valence-corrected chi connectivity index (χ0v) is 18.9. The van der Waals surface area contributed by atoms with E-state index in [9.17, 15) is 9.18 Å². The first kappa shape index (κ1) is 23.1. The summed E-state index contributed by atoms with van der Waals surface area (Å²) in [4.78, 5) is 20.7. The van der Waals surface area contributed by atoms with Gasteiger partial charge in [-0.3, -0.25) is 4.79 Å². The van der Waals surface area contributed by atoms with Crippen molar-refractivity contribution >= 4 is 5.91 Å². The molecule has 4 aromatic rings. The SMILES string of the molecule is COc1ccc(-c2nc(CNC(=O)CNCc3cncn3C(C)c3ccc(F)cc3)no2)cc1. The van der Waals surface area contributed by atoms with E-state index in [-0.39, 0.29) is 30.9 Å². The number of nitrogens with zero attached hydrogens (tertiary/aromatic N) is 4. The number of amides is 1. The molecule has 34 heavy (non-hydrogen) atoms. The number of ether oxygens (including phenoxy) is 1. The highest BCUT2D eigenvalue weighted by atomic mass is 19.1. The molecule has 0 aliphatic heterocycles. The third-order valence-electron chi connectivity index (χ3n) is 5.36. The van der Waals surface area contributed by atoms with Crippen LogP contribution in [-0.2, 0) is 17.9 Å². The van der Waals surface area contributed by atoms with Crippen molar-refractivity contribution in [2.45, 2.75) is 26.1 Å². The minimum Gasteiger partial charge on any atom is -0.497 e. The molecule has 0 saturated carbocycles. The highest BCUT2D eigenvalue weighted by Gasteiger charge is 2.13. The van der Waals surface area contributed by atoms with E-state index >= 15 is 0 Å². The quantitative estimate of drug-likeness (QED) is 0.371. The fraction of sp³-hybridized carbons (Fsp3) is 0.250. The van der Waals surface area contributed by atoms with Crippen LogP contribution in [0.1, 0.15) is 30.0 Å². The lowest BCUT2D eigenvalue weighted by atomic mass is 10.1. The van der Waals surface area contributed by atoms with Gasteiger partial charge in [-0.25, -0.2) is 9.37 Å². The van der Waals surface area contributed by atoms with Gasteiger partial charge in [0.05, 0.1) is 38.3 Å². The molecule has 0 fully saturated rings. The molecule has 4 rings (SSSR count). The first-order valence-electron chi connectivity index (χ1n) is 10.7. The van der Waals surface area contributed by atoms with Crippen molar-refractivity contribution in [2.24, 2.45) is 0 Å². The van der Waals surface area contributed by atoms with Gasteiger partial charge in [0.2, 0.25) is 5.91 Å². The molecule has 2 heterocycles. The predicted octanol–water partition coefficient (Wildman–Crippen LogP) is 3.10. The van der Waals surface area contributed by atoms with Gasteiger partial charge < -0.3 is 24.5 Å². The molecule has 176 valence electrons. The van der Waals surface area contributed by atoms with Crippen molar-refractivity contribution in [1.29, 1.82) is 0 Å². The zero-order chi connectivity index (χ0) is 23.9. The third-order valence-corrected chi connectivity index (χ3v) is 5.36. The van der Waals surface area contributed by atoms with E-state index in [0.29, 0.717) is 18.3 Å². The standard InChI is InChI=1S/C24H25FN6O3/c1-16(17-3-7-19(25)8-4-17)31-15-27-12-20(31)11-26-14-23(32)28-13-22-29-24(34-30-22)18-5-9-21(33-2)10-6-18/h3-10,12,15-16,26H,11,13-14H2,1-2H3,(H,28,32). The molecule has 1 unspecified atom stereocenters. The summed E-state index contributed by atoms with van der Waals surface area (Å²) in [5, 5.41) is 9.78. The van der Waals surface area contributed by atoms with Gasteiger partial charge in [-0.2, -0.15) is 4.98 Å². The van der Waals surface area contributed by atoms with Crippen molar-refractivity contribution in [2.75, 3.05) is 13.7 Å². The van der Waals surface area contributed by atoms with Gasteiger partial charge in [0.15, 0.2) is 5.82 Å². The van der Waals surface area contributed by atoms with Crippen LogP contribution in [0.5, 0.6) is 5.75 Å². The molecule has 0 aliphatic rings. The average Bonchev–Trinajstić information content (AvgIpc) is 3.53. The maximum Gasteiger partial charge on any atom is 0.257 e. The van der Waals surface area contributed by atoms with E-state index in [2.05, 4.69) is 25.8 Å². The Morgan fingerprint density at radius 1 is 1.15 bits per heavy atom. The predicted molar refractivity (Wildman–Crippen MR) is 122 cm³/mol. The molecular weight excluding hydrogens is 439 g/mol. The Morgan fingerprint density at radius 2 is 1.91 bits per heavy atom. The van der Waals surface area contributed by atoms with Gasteiger partial charge in [-0.05, 0) is 48.9 Å². The lowest BCUT2D eigenvalue weighted by Crippen LogP contribution is -2.33. The fourth-order valence-corrected chi connectivity index (χ4v) is 3.44. The van der Waals surface area contributed by atoms with Gasteiger partial charge >= 0.3 is 0 Å². The maximum absolute atomic E-state index is 13.2. The van der Waals surface area contributed by atoms with Crippen molar-refractivity contribution in [1.82, 2.24) is 30.3 Å². The van der Waals surface area contributed by atoms with E-state index < -0.39 is 0 Å². The van der Waals surface area contributed by atoms with Crippen molar-refractivity contribution in [3.8, 4) is 17.2 Å². The number of hydrogen-bond donors (Lipinski definition) is 2. The maximum atomic E-state index is 13.2. The second-order valence-electron chi connectivity index (χ2n) is 7.64. The number of rotatable bonds is 10. The number of methoxy groups -OCH3 is 1. The lowest BCUT2D eigenvalue weighted by molar-refractivity contribution is -0.120. The van der Waals surface area contributed by atoms with Crippen LogP contribution in [0.15, 0.2) is 65.6 Å². The van der Waals surface area contributed by atoms with Crippen LogP contribution < -0.4 is 15.4 Å². The van der Waals surface area contributed by atoms with E-state index in [1.807, 2.05) is 23.6 Å². The molecule has 0 spiro atoms. The van der Waals surface area contributed by atoms with Crippen LogP contribution in [-0.4, -0.2) is 39.3 Å². The third kappa shape index (κ3) is 5.65. The topological polar surface area (TPSA) is 107 Å². The summed E-state index contributed by atoms with van der Waals surface area (Å²) < 4.78 is 25.6. The number of halogens is 1. The molecule has 10 heteroatoms. The zero-order valence-electron chi connectivity index (χ0n) is 18.9. The number of carbonyl (C=O) groups excluding carboxylic acids is 1. The normalized spacial score (nSPS) is 11.9. The molecule has 1 atom stereocenters. The van der Waals surface area contributed by atoms with Crippen molar-refractivity contribution < 1.29 is 18.4 Å². The number of benzene rings is 2. The lowest BCUT2D eigenvalue weighted by Gasteiger charge is -2.17.